The molecule has 0 aromatic heterocycles. The number of nitrogens with two attached hydrogens (primary N) is 1. The molecule has 0 amide bonds. The third kappa shape index (κ3) is 5.27. The summed E-state index contributed by atoms with van der Waals surface area (Å²) in [4.78, 5) is 12.4. The van der Waals surface area contributed by atoms with Crippen LogP contribution in [0, 0.1) is 0 Å². The number of ether oxygens (including phenoxy) is 2. The molecule has 0 atom stereocenters. The quantitative estimate of drug-likeness (QED) is 0.478. The van der Waals surface area contributed by atoms with Gasteiger partial charge in [0.05, 0.1) is 0 Å². The molecule has 2 aromatic carbocycles. The molecule has 7 nitrogen and oxygen atoms in total. The molecule has 3 N–H and O–H groups in total. The first-order valence-corrected chi connectivity index (χ1v) is 11.3. The molecular weight excluding hydrogens is 392 g/mol. The minimum absolute atomic E-state index is 0.0779. The Morgan fingerprint density at radius 2 is 1.90 bits per heavy atom. The maximum atomic E-state index is 12.6. The minimum atomic E-state index is -4.03. The Morgan fingerprint density at radius 1 is 1.14 bits per heavy atom. The summed E-state index contributed by atoms with van der Waals surface area (Å²) >= 11 is 0. The van der Waals surface area contributed by atoms with Crippen molar-refractivity contribution in [3.05, 3.63) is 47.5 Å². The summed E-state index contributed by atoms with van der Waals surface area (Å²) in [7, 11) is -4.03. The van der Waals surface area contributed by atoms with Crippen LogP contribution in [0.5, 0.6) is 11.5 Å². The molecule has 3 rings (SSSR count). The Labute approximate surface area is 171 Å². The summed E-state index contributed by atoms with van der Waals surface area (Å²) in [6.07, 6.45) is 2.76. The molecule has 2 aromatic rings. The summed E-state index contributed by atoms with van der Waals surface area (Å²) in [6, 6.07) is 11.0. The highest BCUT2D eigenvalue weighted by atomic mass is 32.2. The number of fused-ring (bicyclic) bond motifs is 1. The average molecular weight is 419 g/mol. The molecule has 29 heavy (non-hydrogen) atoms. The summed E-state index contributed by atoms with van der Waals surface area (Å²) in [5.41, 5.74) is 2.64. The number of unbranched alkanes of at least 4 members (excludes halogenated alkanes) is 1. The van der Waals surface area contributed by atoms with Crippen LogP contribution in [0.2, 0.25) is 0 Å². The number of hydrogen-bond acceptors (Lipinski definition) is 6. The van der Waals surface area contributed by atoms with Crippen molar-refractivity contribution in [1.82, 2.24) is 0 Å². The van der Waals surface area contributed by atoms with E-state index in [1.807, 2.05) is 18.2 Å². The van der Waals surface area contributed by atoms with E-state index < -0.39 is 10.0 Å². The lowest BCUT2D eigenvalue weighted by molar-refractivity contribution is 0.0978. The van der Waals surface area contributed by atoms with Crippen LogP contribution in [0.1, 0.15) is 42.1 Å². The fraction of sp³-hybridized carbons (Fsp3) is 0.381. The number of rotatable bonds is 9. The molecule has 0 saturated carbocycles. The molecular formula is C21H26N2O5S. The molecule has 1 aliphatic heterocycles. The number of para-hydroxylation sites is 1. The molecule has 0 unspecified atom stereocenters. The minimum Gasteiger partial charge on any atom is -0.486 e. The fourth-order valence-corrected chi connectivity index (χ4v) is 3.98. The van der Waals surface area contributed by atoms with E-state index in [1.54, 1.807) is 0 Å². The molecule has 0 bridgehead atoms. The van der Waals surface area contributed by atoms with E-state index in [0.29, 0.717) is 19.4 Å². The number of anilines is 1. The zero-order valence-electron chi connectivity index (χ0n) is 16.4. The number of carbonyl (C=O) groups is 1. The smallest absolute Gasteiger partial charge is 0.241 e. The van der Waals surface area contributed by atoms with Gasteiger partial charge < -0.3 is 14.8 Å². The molecule has 156 valence electrons. The Hall–Kier alpha value is -2.58. The van der Waals surface area contributed by atoms with Gasteiger partial charge in [-0.2, -0.15) is 0 Å². The van der Waals surface area contributed by atoms with Gasteiger partial charge in [0.15, 0.2) is 17.3 Å². The van der Waals surface area contributed by atoms with Crippen molar-refractivity contribution >= 4 is 21.5 Å². The van der Waals surface area contributed by atoms with Crippen LogP contribution >= 0.6 is 0 Å². The number of ketones is 1. The van der Waals surface area contributed by atoms with E-state index in [9.17, 15) is 13.2 Å². The van der Waals surface area contributed by atoms with Crippen LogP contribution in [0.25, 0.3) is 0 Å². The molecule has 1 heterocycles. The maximum absolute atomic E-state index is 12.6. The Morgan fingerprint density at radius 3 is 2.66 bits per heavy atom. The maximum Gasteiger partial charge on any atom is 0.241 e. The zero-order valence-corrected chi connectivity index (χ0v) is 17.3. The van der Waals surface area contributed by atoms with Crippen LogP contribution in [-0.4, -0.2) is 34.0 Å². The van der Waals surface area contributed by atoms with Gasteiger partial charge >= 0.3 is 0 Å². The van der Waals surface area contributed by atoms with Crippen LogP contribution in [0.4, 0.5) is 5.69 Å². The second-order valence-corrected chi connectivity index (χ2v) is 8.39. The SMILES string of the molecule is CCc1ccccc1NCCCCC(=O)c1cc2c(c(S(N)(=O)=O)c1)OCCO2. The van der Waals surface area contributed by atoms with E-state index in [0.717, 1.165) is 25.1 Å². The van der Waals surface area contributed by atoms with Gasteiger partial charge in [-0.15, -0.1) is 0 Å². The first-order valence-electron chi connectivity index (χ1n) is 9.71. The molecule has 0 fully saturated rings. The van der Waals surface area contributed by atoms with Gasteiger partial charge in [0.25, 0.3) is 0 Å². The van der Waals surface area contributed by atoms with Crippen LogP contribution in [-0.2, 0) is 16.4 Å². The number of aryl methyl sites for hydroxylation is 1. The number of Topliss-reactive ketones (excluding diaryl/α,β-unsaturated/α-hetero) is 1. The number of carbonyl (C=O) groups excluding carboxylic acids is 1. The predicted molar refractivity (Wildman–Crippen MR) is 111 cm³/mol. The van der Waals surface area contributed by atoms with Crippen molar-refractivity contribution in [2.24, 2.45) is 5.14 Å². The molecule has 0 aliphatic carbocycles. The topological polar surface area (TPSA) is 108 Å². The van der Waals surface area contributed by atoms with Crippen molar-refractivity contribution < 1.29 is 22.7 Å². The third-order valence-corrected chi connectivity index (χ3v) is 5.70. The van der Waals surface area contributed by atoms with E-state index >= 15 is 0 Å². The van der Waals surface area contributed by atoms with Crippen molar-refractivity contribution in [3.8, 4) is 11.5 Å². The van der Waals surface area contributed by atoms with Crippen molar-refractivity contribution in [1.29, 1.82) is 0 Å². The molecule has 0 spiro atoms. The summed E-state index contributed by atoms with van der Waals surface area (Å²) in [5, 5.41) is 8.69. The van der Waals surface area contributed by atoms with Crippen molar-refractivity contribution in [2.45, 2.75) is 37.5 Å². The summed E-state index contributed by atoms with van der Waals surface area (Å²) in [5.74, 6) is 0.166. The highest BCUT2D eigenvalue weighted by Crippen LogP contribution is 2.37. The van der Waals surface area contributed by atoms with E-state index in [1.165, 1.54) is 17.7 Å². The van der Waals surface area contributed by atoms with Crippen LogP contribution in [0.15, 0.2) is 41.3 Å². The van der Waals surface area contributed by atoms with Gasteiger partial charge in [-0.3, -0.25) is 4.79 Å². The van der Waals surface area contributed by atoms with Crippen molar-refractivity contribution in [2.75, 3.05) is 25.1 Å². The van der Waals surface area contributed by atoms with Gasteiger partial charge in [-0.05, 0) is 43.0 Å². The summed E-state index contributed by atoms with van der Waals surface area (Å²) < 4.78 is 34.6. The predicted octanol–water partition coefficient (Wildman–Crippen LogP) is 3.13. The standard InChI is InChI=1S/C21H26N2O5S/c1-2-15-7-3-4-8-17(15)23-10-6-5-9-18(24)16-13-19-21(28-12-11-27-19)20(14-16)29(22,25)26/h3-4,7-8,13-14,23H,2,5-6,9-12H2,1H3,(H2,22,25,26). The molecule has 0 saturated heterocycles. The summed E-state index contributed by atoms with van der Waals surface area (Å²) in [6.45, 7) is 3.40. The monoisotopic (exact) mass is 418 g/mol. The second kappa shape index (κ2) is 9.28. The van der Waals surface area contributed by atoms with Crippen molar-refractivity contribution in [3.63, 3.8) is 0 Å². The van der Waals surface area contributed by atoms with E-state index in [2.05, 4.69) is 18.3 Å². The lowest BCUT2D eigenvalue weighted by Gasteiger charge is -2.21. The molecule has 0 radical (unpaired) electrons. The number of sulfonamides is 1. The van der Waals surface area contributed by atoms with E-state index in [4.69, 9.17) is 14.6 Å². The highest BCUT2D eigenvalue weighted by Gasteiger charge is 2.25. The Balaban J connectivity index is 1.59. The highest BCUT2D eigenvalue weighted by molar-refractivity contribution is 7.89. The van der Waals surface area contributed by atoms with Gasteiger partial charge in [-0.1, -0.05) is 25.1 Å². The van der Waals surface area contributed by atoms with Gasteiger partial charge in [0.1, 0.15) is 18.1 Å². The van der Waals surface area contributed by atoms with Gasteiger partial charge in [0, 0.05) is 24.2 Å². The van der Waals surface area contributed by atoms with Crippen LogP contribution in [0.3, 0.4) is 0 Å². The van der Waals surface area contributed by atoms with Gasteiger partial charge in [-0.25, -0.2) is 13.6 Å². The van der Waals surface area contributed by atoms with E-state index in [-0.39, 0.29) is 34.3 Å². The Kier molecular flexibility index (Phi) is 6.76. The van der Waals surface area contributed by atoms with Gasteiger partial charge in [0.2, 0.25) is 10.0 Å². The number of benzene rings is 2. The third-order valence-electron chi connectivity index (χ3n) is 4.78. The fourth-order valence-electron chi connectivity index (χ4n) is 3.27. The first kappa shape index (κ1) is 21.1. The zero-order chi connectivity index (χ0) is 20.9. The lowest BCUT2D eigenvalue weighted by Crippen LogP contribution is -2.21. The largest absolute Gasteiger partial charge is 0.486 e. The first-order chi connectivity index (χ1) is 13.9. The molecule has 8 heteroatoms. The normalized spacial score (nSPS) is 13.2. The number of primary sulfonamides is 1. The lowest BCUT2D eigenvalue weighted by atomic mass is 10.0. The Bertz CT molecular complexity index is 989. The molecule has 1 aliphatic rings. The van der Waals surface area contributed by atoms with Crippen LogP contribution < -0.4 is 19.9 Å². The second-order valence-electron chi connectivity index (χ2n) is 6.86. The number of hydrogen-bond donors (Lipinski definition) is 2. The average Bonchev–Trinajstić information content (AvgIpc) is 2.72. The number of nitrogens with one attached hydrogen (secondary N) is 1.